The molecule has 0 saturated heterocycles. The van der Waals surface area contributed by atoms with Gasteiger partial charge in [0.25, 0.3) is 0 Å². The van der Waals surface area contributed by atoms with Gasteiger partial charge in [0.05, 0.1) is 19.9 Å². The van der Waals surface area contributed by atoms with Gasteiger partial charge in [-0.15, -0.1) is 6.58 Å². The zero-order valence-corrected chi connectivity index (χ0v) is 15.9. The second-order valence-corrected chi connectivity index (χ2v) is 5.71. The molecule has 2 rings (SSSR count). The quantitative estimate of drug-likeness (QED) is 0.338. The molecule has 6 nitrogen and oxygen atoms in total. The average Bonchev–Trinajstić information content (AvgIpc) is 2.66. The maximum atomic E-state index is 5.40. The smallest absolute Gasteiger partial charge is 0.187 e. The second-order valence-electron chi connectivity index (χ2n) is 5.30. The van der Waals surface area contributed by atoms with Crippen LogP contribution in [0.5, 0.6) is 11.5 Å². The van der Waals surface area contributed by atoms with Crippen molar-refractivity contribution in [2.24, 2.45) is 5.10 Å². The lowest BCUT2D eigenvalue weighted by atomic mass is 10.1. The summed E-state index contributed by atoms with van der Waals surface area (Å²) in [6.45, 7) is 6.13. The third-order valence-electron chi connectivity index (χ3n) is 3.46. The van der Waals surface area contributed by atoms with Crippen molar-refractivity contribution in [3.63, 3.8) is 0 Å². The number of thiocarbonyl (C=S) groups is 1. The van der Waals surface area contributed by atoms with Crippen molar-refractivity contribution in [3.05, 3.63) is 66.0 Å². The SMILES string of the molecule is C=CCNC(=S)N/N=C(/c1ccc(OC)c(OC)c1)c1cccc(C)n1. The van der Waals surface area contributed by atoms with E-state index in [9.17, 15) is 0 Å². The summed E-state index contributed by atoms with van der Waals surface area (Å²) in [5, 5.41) is 7.83. The van der Waals surface area contributed by atoms with E-state index in [0.717, 1.165) is 17.0 Å². The zero-order chi connectivity index (χ0) is 18.9. The van der Waals surface area contributed by atoms with Crippen LogP contribution < -0.4 is 20.2 Å². The molecule has 1 aromatic carbocycles. The summed E-state index contributed by atoms with van der Waals surface area (Å²) in [6, 6.07) is 11.3. The minimum absolute atomic E-state index is 0.399. The van der Waals surface area contributed by atoms with Gasteiger partial charge in [0.2, 0.25) is 0 Å². The van der Waals surface area contributed by atoms with Crippen molar-refractivity contribution >= 4 is 23.0 Å². The Bertz CT molecular complexity index is 821. The van der Waals surface area contributed by atoms with E-state index in [0.29, 0.717) is 28.9 Å². The Labute approximate surface area is 158 Å². The number of methoxy groups -OCH3 is 2. The van der Waals surface area contributed by atoms with Crippen LogP contribution in [0.15, 0.2) is 54.2 Å². The standard InChI is InChI=1S/C19H22N4O2S/c1-5-11-20-19(26)23-22-18(15-8-6-7-13(2)21-15)14-9-10-16(24-3)17(12-14)25-4/h5-10,12H,1,11H2,2-4H3,(H2,20,23,26)/b22-18-. The second kappa shape index (κ2) is 9.53. The predicted octanol–water partition coefficient (Wildman–Crippen LogP) is 2.81. The number of ether oxygens (including phenoxy) is 2. The number of hydrazone groups is 1. The molecule has 0 bridgehead atoms. The molecule has 1 heterocycles. The van der Waals surface area contributed by atoms with E-state index < -0.39 is 0 Å². The van der Waals surface area contributed by atoms with Gasteiger partial charge in [-0.1, -0.05) is 12.1 Å². The Hall–Kier alpha value is -2.93. The van der Waals surface area contributed by atoms with Gasteiger partial charge in [0, 0.05) is 17.8 Å². The zero-order valence-electron chi connectivity index (χ0n) is 15.1. The third-order valence-corrected chi connectivity index (χ3v) is 3.70. The van der Waals surface area contributed by atoms with Crippen LogP contribution in [0.1, 0.15) is 17.0 Å². The highest BCUT2D eigenvalue weighted by atomic mass is 32.1. The molecule has 0 saturated carbocycles. The average molecular weight is 370 g/mol. The number of hydrogen-bond donors (Lipinski definition) is 2. The lowest BCUT2D eigenvalue weighted by molar-refractivity contribution is 0.355. The van der Waals surface area contributed by atoms with Crippen molar-refractivity contribution in [1.29, 1.82) is 0 Å². The molecule has 7 heteroatoms. The van der Waals surface area contributed by atoms with Crippen molar-refractivity contribution in [2.45, 2.75) is 6.92 Å². The molecule has 2 aromatic rings. The summed E-state index contributed by atoms with van der Waals surface area (Å²) in [4.78, 5) is 4.57. The van der Waals surface area contributed by atoms with Crippen LogP contribution in [0.3, 0.4) is 0 Å². The molecule has 0 spiro atoms. The van der Waals surface area contributed by atoms with Gasteiger partial charge in [-0.2, -0.15) is 5.10 Å². The molecule has 0 amide bonds. The van der Waals surface area contributed by atoms with Crippen molar-refractivity contribution in [2.75, 3.05) is 20.8 Å². The third kappa shape index (κ3) is 5.03. The fraction of sp³-hybridized carbons (Fsp3) is 0.211. The Morgan fingerprint density at radius 1 is 1.23 bits per heavy atom. The minimum Gasteiger partial charge on any atom is -0.493 e. The molecular weight excluding hydrogens is 348 g/mol. The first-order valence-electron chi connectivity index (χ1n) is 7.98. The van der Waals surface area contributed by atoms with E-state index in [-0.39, 0.29) is 0 Å². The lowest BCUT2D eigenvalue weighted by Gasteiger charge is -2.12. The first-order chi connectivity index (χ1) is 12.6. The van der Waals surface area contributed by atoms with Crippen LogP contribution in [0.25, 0.3) is 0 Å². The van der Waals surface area contributed by atoms with Gasteiger partial charge in [0.1, 0.15) is 5.71 Å². The molecule has 0 aliphatic rings. The summed E-state index contributed by atoms with van der Waals surface area (Å²) >= 11 is 5.21. The normalized spacial score (nSPS) is 10.8. The molecule has 1 aromatic heterocycles. The molecule has 0 atom stereocenters. The molecule has 0 aliphatic heterocycles. The highest BCUT2D eigenvalue weighted by Gasteiger charge is 2.13. The van der Waals surface area contributed by atoms with Gasteiger partial charge in [0.15, 0.2) is 16.6 Å². The number of aromatic nitrogens is 1. The van der Waals surface area contributed by atoms with Gasteiger partial charge >= 0.3 is 0 Å². The first-order valence-corrected chi connectivity index (χ1v) is 8.38. The number of nitrogens with zero attached hydrogens (tertiary/aromatic N) is 2. The fourth-order valence-electron chi connectivity index (χ4n) is 2.24. The van der Waals surface area contributed by atoms with Gasteiger partial charge in [-0.25, -0.2) is 0 Å². The Balaban J connectivity index is 2.43. The van der Waals surface area contributed by atoms with Crippen molar-refractivity contribution in [3.8, 4) is 11.5 Å². The summed E-state index contributed by atoms with van der Waals surface area (Å²) < 4.78 is 10.7. The summed E-state index contributed by atoms with van der Waals surface area (Å²) in [5.74, 6) is 1.25. The summed E-state index contributed by atoms with van der Waals surface area (Å²) in [7, 11) is 3.19. The fourth-order valence-corrected chi connectivity index (χ4v) is 2.37. The van der Waals surface area contributed by atoms with Gasteiger partial charge in [-0.05, 0) is 49.5 Å². The van der Waals surface area contributed by atoms with Gasteiger partial charge in [-0.3, -0.25) is 10.4 Å². The highest BCUT2D eigenvalue weighted by molar-refractivity contribution is 7.80. The van der Waals surface area contributed by atoms with Crippen molar-refractivity contribution in [1.82, 2.24) is 15.7 Å². The van der Waals surface area contributed by atoms with E-state index >= 15 is 0 Å². The number of hydrogen-bond acceptors (Lipinski definition) is 5. The molecule has 0 aliphatic carbocycles. The predicted molar refractivity (Wildman–Crippen MR) is 108 cm³/mol. The van der Waals surface area contributed by atoms with E-state index in [2.05, 4.69) is 27.4 Å². The van der Waals surface area contributed by atoms with E-state index in [1.165, 1.54) is 0 Å². The minimum atomic E-state index is 0.399. The van der Waals surface area contributed by atoms with Crippen LogP contribution >= 0.6 is 12.2 Å². The Kier molecular flexibility index (Phi) is 7.11. The number of rotatable bonds is 7. The number of aryl methyl sites for hydroxylation is 1. The molecule has 26 heavy (non-hydrogen) atoms. The molecule has 0 unspecified atom stereocenters. The van der Waals surface area contributed by atoms with Crippen LogP contribution in [0, 0.1) is 6.92 Å². The molecule has 0 radical (unpaired) electrons. The maximum absolute atomic E-state index is 5.40. The summed E-state index contributed by atoms with van der Waals surface area (Å²) in [5.41, 5.74) is 5.91. The van der Waals surface area contributed by atoms with E-state index in [4.69, 9.17) is 21.7 Å². The molecular formula is C19H22N4O2S. The lowest BCUT2D eigenvalue weighted by Crippen LogP contribution is -2.33. The van der Waals surface area contributed by atoms with Crippen LogP contribution in [0.4, 0.5) is 0 Å². The van der Waals surface area contributed by atoms with Gasteiger partial charge < -0.3 is 14.8 Å². The molecule has 136 valence electrons. The van der Waals surface area contributed by atoms with E-state index in [1.807, 2.05) is 43.3 Å². The number of pyridine rings is 1. The first kappa shape index (κ1) is 19.4. The topological polar surface area (TPSA) is 67.8 Å². The largest absolute Gasteiger partial charge is 0.493 e. The monoisotopic (exact) mass is 370 g/mol. The Morgan fingerprint density at radius 3 is 2.65 bits per heavy atom. The Morgan fingerprint density at radius 2 is 2.00 bits per heavy atom. The highest BCUT2D eigenvalue weighted by Crippen LogP contribution is 2.28. The van der Waals surface area contributed by atoms with E-state index in [1.54, 1.807) is 20.3 Å². The number of benzene rings is 1. The maximum Gasteiger partial charge on any atom is 0.187 e. The van der Waals surface area contributed by atoms with Crippen LogP contribution in [-0.2, 0) is 0 Å². The summed E-state index contributed by atoms with van der Waals surface area (Å²) in [6.07, 6.45) is 1.72. The number of nitrogens with one attached hydrogen (secondary N) is 2. The van der Waals surface area contributed by atoms with Crippen LogP contribution in [-0.4, -0.2) is 36.6 Å². The molecule has 2 N–H and O–H groups in total. The van der Waals surface area contributed by atoms with Crippen LogP contribution in [0.2, 0.25) is 0 Å². The molecule has 0 fully saturated rings. The van der Waals surface area contributed by atoms with Crippen molar-refractivity contribution < 1.29 is 9.47 Å².